The van der Waals surface area contributed by atoms with Crippen molar-refractivity contribution >= 4 is 33.3 Å². The highest BCUT2D eigenvalue weighted by Gasteiger charge is 2.24. The fourth-order valence-electron chi connectivity index (χ4n) is 2.65. The fourth-order valence-corrected chi connectivity index (χ4v) is 4.55. The van der Waals surface area contributed by atoms with Gasteiger partial charge in [-0.05, 0) is 42.5 Å². The van der Waals surface area contributed by atoms with Gasteiger partial charge in [-0.2, -0.15) is 13.1 Å². The van der Waals surface area contributed by atoms with Gasteiger partial charge < -0.3 is 10.1 Å². The number of hydrogen-bond acceptors (Lipinski definition) is 7. The van der Waals surface area contributed by atoms with Crippen LogP contribution in [-0.4, -0.2) is 40.5 Å². The van der Waals surface area contributed by atoms with E-state index in [2.05, 4.69) is 14.1 Å². The van der Waals surface area contributed by atoms with E-state index in [-0.39, 0.29) is 22.0 Å². The number of nitrogens with one attached hydrogen (secondary N) is 1. The van der Waals surface area contributed by atoms with Gasteiger partial charge >= 0.3 is 0 Å². The standard InChI is InChI=1S/C19H19FN4O4S2/c1-3-24(4-2)30(26,27)15-9-10-18(28-14-7-5-13(20)6-8-14)16(11-15)22-19(25)17-12-21-29-23-17/h5-12H,3-4H2,1-2H3,(H,22,25). The third-order valence-electron chi connectivity index (χ3n) is 4.18. The highest BCUT2D eigenvalue weighted by molar-refractivity contribution is 7.89. The Labute approximate surface area is 177 Å². The SMILES string of the molecule is CCN(CC)S(=O)(=O)c1ccc(Oc2ccc(F)cc2)c(NC(=O)c2cnsn2)c1. The van der Waals surface area contributed by atoms with Crippen molar-refractivity contribution in [1.29, 1.82) is 0 Å². The van der Waals surface area contributed by atoms with Gasteiger partial charge in [0.05, 0.1) is 28.5 Å². The number of hydrogen-bond donors (Lipinski definition) is 1. The Morgan fingerprint density at radius 1 is 1.17 bits per heavy atom. The van der Waals surface area contributed by atoms with E-state index < -0.39 is 21.7 Å². The third-order valence-corrected chi connectivity index (χ3v) is 6.70. The summed E-state index contributed by atoms with van der Waals surface area (Å²) in [7, 11) is -3.76. The molecule has 158 valence electrons. The first-order chi connectivity index (χ1) is 14.3. The maximum Gasteiger partial charge on any atom is 0.277 e. The molecule has 0 bridgehead atoms. The van der Waals surface area contributed by atoms with Crippen LogP contribution in [0.5, 0.6) is 11.5 Å². The van der Waals surface area contributed by atoms with E-state index in [0.29, 0.717) is 18.8 Å². The Bertz CT molecular complexity index is 1120. The van der Waals surface area contributed by atoms with Crippen LogP contribution in [0.2, 0.25) is 0 Å². The number of carbonyl (C=O) groups is 1. The smallest absolute Gasteiger partial charge is 0.277 e. The van der Waals surface area contributed by atoms with E-state index in [1.54, 1.807) is 13.8 Å². The minimum absolute atomic E-state index is 0.00404. The largest absolute Gasteiger partial charge is 0.455 e. The van der Waals surface area contributed by atoms with E-state index in [9.17, 15) is 17.6 Å². The normalized spacial score (nSPS) is 11.5. The lowest BCUT2D eigenvalue weighted by molar-refractivity contribution is 0.102. The van der Waals surface area contributed by atoms with Gasteiger partial charge in [-0.3, -0.25) is 4.79 Å². The van der Waals surface area contributed by atoms with E-state index in [0.717, 1.165) is 11.7 Å². The van der Waals surface area contributed by atoms with Crippen molar-refractivity contribution in [2.24, 2.45) is 0 Å². The number of amides is 1. The molecular weight excluding hydrogens is 431 g/mol. The molecule has 0 saturated heterocycles. The van der Waals surface area contributed by atoms with Crippen molar-refractivity contribution in [3.8, 4) is 11.5 Å². The van der Waals surface area contributed by atoms with Crippen LogP contribution in [-0.2, 0) is 10.0 Å². The van der Waals surface area contributed by atoms with Crippen molar-refractivity contribution in [3.63, 3.8) is 0 Å². The van der Waals surface area contributed by atoms with E-state index >= 15 is 0 Å². The van der Waals surface area contributed by atoms with Gasteiger partial charge in [0.25, 0.3) is 5.91 Å². The average Bonchev–Trinajstić information content (AvgIpc) is 3.26. The van der Waals surface area contributed by atoms with Crippen molar-refractivity contribution < 1.29 is 22.3 Å². The topological polar surface area (TPSA) is 101 Å². The second-order valence-electron chi connectivity index (χ2n) is 6.05. The predicted molar refractivity (Wildman–Crippen MR) is 111 cm³/mol. The van der Waals surface area contributed by atoms with Gasteiger partial charge in [-0.25, -0.2) is 12.8 Å². The molecule has 0 fully saturated rings. The number of benzene rings is 2. The summed E-state index contributed by atoms with van der Waals surface area (Å²) in [5.41, 5.74) is 0.218. The first-order valence-electron chi connectivity index (χ1n) is 9.01. The van der Waals surface area contributed by atoms with Crippen LogP contribution in [0.15, 0.2) is 53.6 Å². The van der Waals surface area contributed by atoms with Crippen molar-refractivity contribution in [2.75, 3.05) is 18.4 Å². The van der Waals surface area contributed by atoms with Crippen LogP contribution < -0.4 is 10.1 Å². The summed E-state index contributed by atoms with van der Waals surface area (Å²) in [5.74, 6) is -0.476. The molecule has 0 aliphatic rings. The number of aromatic nitrogens is 2. The van der Waals surface area contributed by atoms with Crippen molar-refractivity contribution in [1.82, 2.24) is 13.1 Å². The molecule has 0 unspecified atom stereocenters. The second kappa shape index (κ2) is 9.28. The van der Waals surface area contributed by atoms with E-state index in [1.165, 1.54) is 53.0 Å². The molecule has 2 aromatic carbocycles. The number of halogens is 1. The van der Waals surface area contributed by atoms with Crippen molar-refractivity contribution in [2.45, 2.75) is 18.7 Å². The Balaban J connectivity index is 2.00. The average molecular weight is 451 g/mol. The van der Waals surface area contributed by atoms with Crippen LogP contribution in [0.4, 0.5) is 10.1 Å². The lowest BCUT2D eigenvalue weighted by Gasteiger charge is -2.20. The molecule has 0 radical (unpaired) electrons. The summed E-state index contributed by atoms with van der Waals surface area (Å²) < 4.78 is 53.6. The van der Waals surface area contributed by atoms with Crippen LogP contribution in [0.3, 0.4) is 0 Å². The molecule has 0 aliphatic carbocycles. The molecule has 0 aliphatic heterocycles. The first-order valence-corrected chi connectivity index (χ1v) is 11.2. The summed E-state index contributed by atoms with van der Waals surface area (Å²) in [6.45, 7) is 4.09. The van der Waals surface area contributed by atoms with Crippen LogP contribution in [0, 0.1) is 5.82 Å². The fraction of sp³-hybridized carbons (Fsp3) is 0.211. The number of sulfonamides is 1. The monoisotopic (exact) mass is 450 g/mol. The zero-order valence-electron chi connectivity index (χ0n) is 16.2. The molecule has 3 aromatic rings. The molecule has 0 atom stereocenters. The molecular formula is C19H19FN4O4S2. The second-order valence-corrected chi connectivity index (χ2v) is 8.54. The highest BCUT2D eigenvalue weighted by Crippen LogP contribution is 2.33. The van der Waals surface area contributed by atoms with Crippen LogP contribution in [0.25, 0.3) is 0 Å². The molecule has 30 heavy (non-hydrogen) atoms. The Morgan fingerprint density at radius 3 is 2.47 bits per heavy atom. The summed E-state index contributed by atoms with van der Waals surface area (Å²) >= 11 is 0.874. The Morgan fingerprint density at radius 2 is 1.87 bits per heavy atom. The number of rotatable bonds is 8. The minimum Gasteiger partial charge on any atom is -0.455 e. The van der Waals surface area contributed by atoms with E-state index in [4.69, 9.17) is 4.74 Å². The molecule has 1 heterocycles. The Hall–Kier alpha value is -2.89. The van der Waals surface area contributed by atoms with Gasteiger partial charge in [0.2, 0.25) is 10.0 Å². The highest BCUT2D eigenvalue weighted by atomic mass is 32.2. The summed E-state index contributed by atoms with van der Waals surface area (Å²) in [5, 5.41) is 2.62. The van der Waals surface area contributed by atoms with E-state index in [1.807, 2.05) is 0 Å². The minimum atomic E-state index is -3.76. The lowest BCUT2D eigenvalue weighted by atomic mass is 10.2. The number of ether oxygens (including phenoxy) is 1. The molecule has 1 aromatic heterocycles. The Kier molecular flexibility index (Phi) is 6.75. The number of carbonyl (C=O) groups excluding carboxylic acids is 1. The lowest BCUT2D eigenvalue weighted by Crippen LogP contribution is -2.30. The number of nitrogens with zero attached hydrogens (tertiary/aromatic N) is 3. The third kappa shape index (κ3) is 4.81. The molecule has 1 amide bonds. The summed E-state index contributed by atoms with van der Waals surface area (Å²) in [6, 6.07) is 9.46. The predicted octanol–water partition coefficient (Wildman–Crippen LogP) is 3.75. The summed E-state index contributed by atoms with van der Waals surface area (Å²) in [4.78, 5) is 12.5. The number of anilines is 1. The van der Waals surface area contributed by atoms with Crippen molar-refractivity contribution in [3.05, 3.63) is 60.2 Å². The molecule has 3 rings (SSSR count). The molecule has 1 N–H and O–H groups in total. The molecule has 0 spiro atoms. The van der Waals surface area contributed by atoms with Gasteiger partial charge in [-0.15, -0.1) is 0 Å². The molecule has 0 saturated carbocycles. The van der Waals surface area contributed by atoms with Gasteiger partial charge in [0, 0.05) is 13.1 Å². The van der Waals surface area contributed by atoms with Gasteiger partial charge in [0.15, 0.2) is 11.4 Å². The maximum absolute atomic E-state index is 13.2. The van der Waals surface area contributed by atoms with Gasteiger partial charge in [0.1, 0.15) is 11.6 Å². The zero-order chi connectivity index (χ0) is 21.7. The molecule has 11 heteroatoms. The van der Waals surface area contributed by atoms with Gasteiger partial charge in [-0.1, -0.05) is 13.8 Å². The zero-order valence-corrected chi connectivity index (χ0v) is 17.8. The summed E-state index contributed by atoms with van der Waals surface area (Å²) in [6.07, 6.45) is 1.30. The van der Waals surface area contributed by atoms with Crippen LogP contribution >= 0.6 is 11.7 Å². The van der Waals surface area contributed by atoms with Crippen LogP contribution in [0.1, 0.15) is 24.3 Å². The molecule has 8 nitrogen and oxygen atoms in total. The quantitative estimate of drug-likeness (QED) is 0.561. The first kappa shape index (κ1) is 21.8. The maximum atomic E-state index is 13.2.